The molecule has 0 radical (unpaired) electrons. The molecule has 1 aromatic carbocycles. The molecule has 3 aromatic rings. The summed E-state index contributed by atoms with van der Waals surface area (Å²) in [5.41, 5.74) is 2.76. The first-order valence-electron chi connectivity index (χ1n) is 7.02. The highest BCUT2D eigenvalue weighted by molar-refractivity contribution is 6.29. The van der Waals surface area contributed by atoms with Gasteiger partial charge in [-0.2, -0.15) is 19.6 Å². The van der Waals surface area contributed by atoms with Crippen molar-refractivity contribution >= 4 is 23.2 Å². The molecule has 0 saturated heterocycles. The van der Waals surface area contributed by atoms with Crippen molar-refractivity contribution in [2.45, 2.75) is 25.3 Å². The molecular weight excluding hydrogens is 286 g/mol. The molecule has 0 amide bonds. The lowest BCUT2D eigenvalue weighted by Crippen LogP contribution is -2.19. The van der Waals surface area contributed by atoms with Crippen LogP contribution in [0.4, 0.5) is 5.82 Å². The van der Waals surface area contributed by atoms with Gasteiger partial charge in [0.05, 0.1) is 6.04 Å². The van der Waals surface area contributed by atoms with Crippen LogP contribution < -0.4 is 5.32 Å². The number of benzene rings is 1. The summed E-state index contributed by atoms with van der Waals surface area (Å²) < 4.78 is 1.68. The molecule has 5 nitrogen and oxygen atoms in total. The van der Waals surface area contributed by atoms with Crippen LogP contribution in [-0.4, -0.2) is 19.6 Å². The number of rotatable bonds is 2. The van der Waals surface area contributed by atoms with Crippen LogP contribution in [0.3, 0.4) is 0 Å². The van der Waals surface area contributed by atoms with Crippen molar-refractivity contribution in [1.82, 2.24) is 19.6 Å². The Bertz CT molecular complexity index is 798. The monoisotopic (exact) mass is 299 g/mol. The van der Waals surface area contributed by atoms with Crippen LogP contribution in [-0.2, 0) is 6.42 Å². The zero-order valence-electron chi connectivity index (χ0n) is 11.3. The van der Waals surface area contributed by atoms with Gasteiger partial charge in [-0.15, -0.1) is 0 Å². The maximum absolute atomic E-state index is 6.07. The summed E-state index contributed by atoms with van der Waals surface area (Å²) in [5.74, 6) is 1.33. The van der Waals surface area contributed by atoms with E-state index in [2.05, 4.69) is 44.6 Å². The predicted octanol–water partition coefficient (Wildman–Crippen LogP) is 3.27. The van der Waals surface area contributed by atoms with Gasteiger partial charge in [-0.05, 0) is 30.4 Å². The van der Waals surface area contributed by atoms with Crippen LogP contribution in [0.1, 0.15) is 30.0 Å². The van der Waals surface area contributed by atoms with Crippen LogP contribution in [0.15, 0.2) is 36.7 Å². The Hall–Kier alpha value is -2.14. The molecule has 21 heavy (non-hydrogen) atoms. The lowest BCUT2D eigenvalue weighted by molar-refractivity contribution is 0.596. The molecule has 1 N–H and O–H groups in total. The van der Waals surface area contributed by atoms with Crippen LogP contribution >= 0.6 is 11.6 Å². The van der Waals surface area contributed by atoms with E-state index in [9.17, 15) is 0 Å². The number of hydrogen-bond donors (Lipinski definition) is 1. The van der Waals surface area contributed by atoms with E-state index in [0.717, 1.165) is 18.7 Å². The Balaban J connectivity index is 1.74. The van der Waals surface area contributed by atoms with Crippen LogP contribution in [0.25, 0.3) is 5.78 Å². The zero-order valence-corrected chi connectivity index (χ0v) is 12.1. The van der Waals surface area contributed by atoms with Gasteiger partial charge in [-0.1, -0.05) is 35.9 Å². The second-order valence-electron chi connectivity index (χ2n) is 5.22. The third kappa shape index (κ3) is 2.23. The van der Waals surface area contributed by atoms with Crippen molar-refractivity contribution in [2.75, 3.05) is 5.32 Å². The average molecular weight is 300 g/mol. The van der Waals surface area contributed by atoms with E-state index in [1.807, 2.05) is 0 Å². The highest BCUT2D eigenvalue weighted by Crippen LogP contribution is 2.32. The molecule has 0 fully saturated rings. The van der Waals surface area contributed by atoms with Crippen molar-refractivity contribution in [3.05, 3.63) is 52.9 Å². The van der Waals surface area contributed by atoms with Gasteiger partial charge in [0.2, 0.25) is 0 Å². The van der Waals surface area contributed by atoms with Gasteiger partial charge < -0.3 is 5.32 Å². The van der Waals surface area contributed by atoms with Gasteiger partial charge in [0.25, 0.3) is 5.78 Å². The van der Waals surface area contributed by atoms with Gasteiger partial charge in [-0.25, -0.2) is 0 Å². The molecule has 6 heteroatoms. The Labute approximate surface area is 127 Å². The van der Waals surface area contributed by atoms with Gasteiger partial charge in [0.1, 0.15) is 17.3 Å². The molecule has 0 spiro atoms. The van der Waals surface area contributed by atoms with Crippen molar-refractivity contribution in [3.63, 3.8) is 0 Å². The van der Waals surface area contributed by atoms with E-state index < -0.39 is 0 Å². The summed E-state index contributed by atoms with van der Waals surface area (Å²) in [7, 11) is 0. The Morgan fingerprint density at radius 1 is 1.29 bits per heavy atom. The second kappa shape index (κ2) is 5.00. The minimum atomic E-state index is 0.265. The minimum Gasteiger partial charge on any atom is -0.363 e. The fraction of sp³-hybridized carbons (Fsp3) is 0.267. The van der Waals surface area contributed by atoms with E-state index in [1.165, 1.54) is 23.9 Å². The lowest BCUT2D eigenvalue weighted by Gasteiger charge is -2.27. The number of anilines is 1. The minimum absolute atomic E-state index is 0.265. The van der Waals surface area contributed by atoms with Gasteiger partial charge in [0.15, 0.2) is 0 Å². The Morgan fingerprint density at radius 2 is 2.19 bits per heavy atom. The standard InChI is InChI=1S/C15H14ClN5/c16-13-8-14(21-15(20-13)17-9-18-21)19-12-7-3-5-10-4-1-2-6-11(10)12/h1-2,4,6,8-9,12,19H,3,5,7H2. The highest BCUT2D eigenvalue weighted by atomic mass is 35.5. The maximum atomic E-state index is 6.07. The molecular formula is C15H14ClN5. The molecule has 2 heterocycles. The van der Waals surface area contributed by atoms with E-state index in [4.69, 9.17) is 11.6 Å². The smallest absolute Gasteiger partial charge is 0.255 e. The summed E-state index contributed by atoms with van der Waals surface area (Å²) in [6.45, 7) is 0. The second-order valence-corrected chi connectivity index (χ2v) is 5.61. The number of fused-ring (bicyclic) bond motifs is 2. The Kier molecular flexibility index (Phi) is 3.00. The lowest BCUT2D eigenvalue weighted by atomic mass is 9.88. The number of aryl methyl sites for hydroxylation is 1. The van der Waals surface area contributed by atoms with Crippen molar-refractivity contribution < 1.29 is 0 Å². The molecule has 0 aliphatic heterocycles. The van der Waals surface area contributed by atoms with E-state index in [1.54, 1.807) is 10.6 Å². The highest BCUT2D eigenvalue weighted by Gasteiger charge is 2.20. The molecule has 106 valence electrons. The molecule has 1 aliphatic carbocycles. The summed E-state index contributed by atoms with van der Waals surface area (Å²) in [4.78, 5) is 8.24. The number of hydrogen-bond acceptors (Lipinski definition) is 4. The molecule has 1 aliphatic rings. The number of halogens is 1. The zero-order chi connectivity index (χ0) is 14.2. The summed E-state index contributed by atoms with van der Waals surface area (Å²) >= 11 is 6.07. The van der Waals surface area contributed by atoms with Gasteiger partial charge >= 0.3 is 0 Å². The van der Waals surface area contributed by atoms with Gasteiger partial charge in [0, 0.05) is 6.07 Å². The molecule has 2 aromatic heterocycles. The number of nitrogens with one attached hydrogen (secondary N) is 1. The van der Waals surface area contributed by atoms with Crippen molar-refractivity contribution in [3.8, 4) is 0 Å². The van der Waals surface area contributed by atoms with Crippen LogP contribution in [0.2, 0.25) is 5.15 Å². The molecule has 0 bridgehead atoms. The quantitative estimate of drug-likeness (QED) is 0.738. The fourth-order valence-electron chi connectivity index (χ4n) is 2.97. The fourth-order valence-corrected chi connectivity index (χ4v) is 3.15. The average Bonchev–Trinajstić information content (AvgIpc) is 2.96. The van der Waals surface area contributed by atoms with Crippen LogP contribution in [0.5, 0.6) is 0 Å². The first-order chi connectivity index (χ1) is 10.3. The van der Waals surface area contributed by atoms with Gasteiger partial charge in [-0.3, -0.25) is 0 Å². The largest absolute Gasteiger partial charge is 0.363 e. The SMILES string of the molecule is Clc1cc(NC2CCCc3ccccc32)n2ncnc2n1. The van der Waals surface area contributed by atoms with E-state index in [0.29, 0.717) is 10.9 Å². The third-order valence-electron chi connectivity index (χ3n) is 3.91. The Morgan fingerprint density at radius 3 is 3.14 bits per heavy atom. The van der Waals surface area contributed by atoms with Crippen molar-refractivity contribution in [1.29, 1.82) is 0 Å². The number of nitrogens with zero attached hydrogens (tertiary/aromatic N) is 4. The number of aromatic nitrogens is 4. The molecule has 0 saturated carbocycles. The van der Waals surface area contributed by atoms with Crippen molar-refractivity contribution in [2.24, 2.45) is 0 Å². The normalized spacial score (nSPS) is 17.7. The van der Waals surface area contributed by atoms with E-state index >= 15 is 0 Å². The van der Waals surface area contributed by atoms with Crippen LogP contribution in [0, 0.1) is 0 Å². The molecule has 1 atom stereocenters. The molecule has 1 unspecified atom stereocenters. The summed E-state index contributed by atoms with van der Waals surface area (Å²) in [6, 6.07) is 10.6. The predicted molar refractivity (Wildman–Crippen MR) is 81.5 cm³/mol. The summed E-state index contributed by atoms with van der Waals surface area (Å²) in [5, 5.41) is 8.16. The first kappa shape index (κ1) is 12.6. The summed E-state index contributed by atoms with van der Waals surface area (Å²) in [6.07, 6.45) is 4.89. The van der Waals surface area contributed by atoms with E-state index in [-0.39, 0.29) is 6.04 Å². The first-order valence-corrected chi connectivity index (χ1v) is 7.40. The third-order valence-corrected chi connectivity index (χ3v) is 4.11. The maximum Gasteiger partial charge on any atom is 0.255 e. The topological polar surface area (TPSA) is 55.1 Å². The molecule has 4 rings (SSSR count).